The molecule has 18 heteroatoms. The van der Waals surface area contributed by atoms with Crippen LogP contribution in [0.15, 0.2) is 83.9 Å². The first kappa shape index (κ1) is 49.4. The number of nitro groups is 1. The topological polar surface area (TPSA) is 205 Å². The van der Waals surface area contributed by atoms with Gasteiger partial charge in [-0.25, -0.2) is 13.1 Å². The van der Waals surface area contributed by atoms with Crippen LogP contribution in [-0.4, -0.2) is 116 Å². The van der Waals surface area contributed by atoms with Crippen molar-refractivity contribution in [2.24, 2.45) is 11.3 Å². The number of morpholine rings is 1. The average molecular weight is 1020 g/mol. The summed E-state index contributed by atoms with van der Waals surface area (Å²) in [6.45, 7) is 13.9. The van der Waals surface area contributed by atoms with Gasteiger partial charge in [-0.3, -0.25) is 19.8 Å². The van der Waals surface area contributed by atoms with Crippen LogP contribution in [0.5, 0.6) is 5.88 Å². The molecule has 17 nitrogen and oxygen atoms in total. The predicted molar refractivity (Wildman–Crippen MR) is 279 cm³/mol. The number of aliphatic hydroxyl groups is 1. The third kappa shape index (κ3) is 9.76. The molecule has 1 amide bonds. The third-order valence-electron chi connectivity index (χ3n) is 16.8. The Morgan fingerprint density at radius 3 is 2.47 bits per heavy atom. The summed E-state index contributed by atoms with van der Waals surface area (Å²) in [5.74, 6) is -0.315. The van der Waals surface area contributed by atoms with Crippen molar-refractivity contribution in [3.63, 3.8) is 0 Å². The predicted octanol–water partition coefficient (Wildman–Crippen LogP) is 8.75. The zero-order chi connectivity index (χ0) is 50.9. The smallest absolute Gasteiger partial charge is 0.293 e. The van der Waals surface area contributed by atoms with Crippen molar-refractivity contribution in [1.29, 1.82) is 0 Å². The van der Waals surface area contributed by atoms with Crippen LogP contribution in [0.4, 0.5) is 28.4 Å². The molecule has 0 radical (unpaired) electrons. The number of amides is 1. The maximum absolute atomic E-state index is 14.7. The molecular weight excluding hydrogens is 949 g/mol. The fraction of sp³-hybridized carbons (Fsp3) is 0.527. The van der Waals surface area contributed by atoms with Crippen LogP contribution < -0.4 is 24.6 Å². The molecule has 4 aliphatic heterocycles. The van der Waals surface area contributed by atoms with Crippen molar-refractivity contribution < 1.29 is 37.5 Å². The number of carbonyl (C=O) groups excluding carboxylic acids is 1. The van der Waals surface area contributed by atoms with E-state index < -0.39 is 43.1 Å². The summed E-state index contributed by atoms with van der Waals surface area (Å²) in [4.78, 5) is 41.3. The maximum atomic E-state index is 14.7. The van der Waals surface area contributed by atoms with Gasteiger partial charge in [-0.1, -0.05) is 45.0 Å². The van der Waals surface area contributed by atoms with Crippen molar-refractivity contribution in [3.05, 3.63) is 106 Å². The van der Waals surface area contributed by atoms with Crippen LogP contribution in [0.1, 0.15) is 113 Å². The molecule has 6 heterocycles. The van der Waals surface area contributed by atoms with Crippen molar-refractivity contribution in [2.75, 3.05) is 67.7 Å². The summed E-state index contributed by atoms with van der Waals surface area (Å²) < 4.78 is 49.2. The number of nitro benzene ring substituents is 1. The second-order valence-corrected chi connectivity index (χ2v) is 24.5. The molecule has 3 aromatic carbocycles. The fourth-order valence-corrected chi connectivity index (χ4v) is 13.6. The lowest BCUT2D eigenvalue weighted by Crippen LogP contribution is -2.58. The zero-order valence-electron chi connectivity index (χ0n) is 42.3. The Morgan fingerprint density at radius 1 is 0.932 bits per heavy atom. The number of nitrogens with one attached hydrogen (secondary N) is 3. The minimum absolute atomic E-state index is 0.0213. The number of carbonyl (C=O) groups is 1. The van der Waals surface area contributed by atoms with Gasteiger partial charge in [-0.2, -0.15) is 4.98 Å². The number of hydrogen-bond donors (Lipinski definition) is 4. The largest absolute Gasteiger partial charge is 0.468 e. The number of ether oxygens (including phenoxy) is 3. The highest BCUT2D eigenvalue weighted by Gasteiger charge is 2.50. The summed E-state index contributed by atoms with van der Waals surface area (Å²) in [7, 11) is -4.62. The minimum atomic E-state index is -4.62. The van der Waals surface area contributed by atoms with Gasteiger partial charge in [0.15, 0.2) is 0 Å². The van der Waals surface area contributed by atoms with Crippen LogP contribution >= 0.6 is 0 Å². The van der Waals surface area contributed by atoms with Crippen LogP contribution in [0, 0.1) is 21.4 Å². The first-order chi connectivity index (χ1) is 34.9. The van der Waals surface area contributed by atoms with E-state index in [1.54, 1.807) is 6.07 Å². The molecule has 1 spiro atoms. The second-order valence-electron chi connectivity index (χ2n) is 22.8. The molecule has 6 aliphatic rings. The first-order valence-electron chi connectivity index (χ1n) is 26.1. The van der Waals surface area contributed by atoms with Gasteiger partial charge >= 0.3 is 0 Å². The van der Waals surface area contributed by atoms with Crippen LogP contribution in [0.2, 0.25) is 0 Å². The van der Waals surface area contributed by atoms with Gasteiger partial charge in [0.25, 0.3) is 21.6 Å². The van der Waals surface area contributed by atoms with Crippen LogP contribution in [0.25, 0.3) is 11.0 Å². The van der Waals surface area contributed by atoms with E-state index in [2.05, 4.69) is 74.8 Å². The van der Waals surface area contributed by atoms with Crippen molar-refractivity contribution in [1.82, 2.24) is 19.6 Å². The van der Waals surface area contributed by atoms with Crippen LogP contribution in [-0.2, 0) is 24.9 Å². The van der Waals surface area contributed by atoms with E-state index in [0.29, 0.717) is 74.6 Å². The number of benzene rings is 3. The number of aromatic nitrogens is 2. The second kappa shape index (κ2) is 19.2. The maximum Gasteiger partial charge on any atom is 0.293 e. The van der Waals surface area contributed by atoms with E-state index in [0.717, 1.165) is 81.9 Å². The molecule has 2 aromatic heterocycles. The standard InChI is InChI=1S/C55H68N8O9S/c1-53(2,3)42-8-6-5-7-40(42)48-33-71-26-24-61(48)38-30-55(31-38)19-22-60(23-20-55)37-9-11-41(45(28-37)62-44-16-25-70-34-49(44)72-52-47(62)27-36-15-21-56-50(36)58-52)51(64)59-73(68,69)39-10-12-43(46(29-39)63(66)67)57-32-35-13-17-54(4,65)18-14-35/h5-12,15,21,27-29,35,38,44,48-49,57,65H,13-14,16-20,22-26,30-34H2,1-4H3,(H,56,58)(H,59,64)/t35-,44-,48-,49-,54-/m0/s1. The van der Waals surface area contributed by atoms with E-state index >= 15 is 0 Å². The number of hydrogen-bond acceptors (Lipinski definition) is 14. The van der Waals surface area contributed by atoms with E-state index in [9.17, 15) is 28.4 Å². The number of aromatic amines is 1. The van der Waals surface area contributed by atoms with E-state index in [1.807, 2.05) is 37.4 Å². The lowest BCUT2D eigenvalue weighted by atomic mass is 9.59. The molecule has 11 rings (SSSR count). The van der Waals surface area contributed by atoms with Crippen molar-refractivity contribution >= 4 is 55.4 Å². The Hall–Kier alpha value is -5.79. The molecule has 5 aromatic rings. The highest BCUT2D eigenvalue weighted by molar-refractivity contribution is 7.90. The number of anilines is 4. The molecule has 0 bridgehead atoms. The van der Waals surface area contributed by atoms with E-state index in [4.69, 9.17) is 19.2 Å². The summed E-state index contributed by atoms with van der Waals surface area (Å²) in [6, 6.07) is 22.4. The van der Waals surface area contributed by atoms with Gasteiger partial charge in [0.1, 0.15) is 23.1 Å². The molecule has 388 valence electrons. The molecule has 3 atom stereocenters. The highest BCUT2D eigenvalue weighted by Crippen LogP contribution is 2.54. The zero-order valence-corrected chi connectivity index (χ0v) is 43.1. The molecule has 5 fully saturated rings. The number of sulfonamides is 1. The molecular formula is C55H68N8O9S. The Balaban J connectivity index is 0.863. The van der Waals surface area contributed by atoms with Gasteiger partial charge in [-0.15, -0.1) is 0 Å². The van der Waals surface area contributed by atoms with Gasteiger partial charge in [0, 0.05) is 62.2 Å². The fourth-order valence-electron chi connectivity index (χ4n) is 12.6. The number of pyridine rings is 1. The van der Waals surface area contributed by atoms with E-state index in [-0.39, 0.29) is 40.1 Å². The van der Waals surface area contributed by atoms with Gasteiger partial charge in [-0.05, 0) is 135 Å². The summed E-state index contributed by atoms with van der Waals surface area (Å²) in [5, 5.41) is 26.8. The molecule has 2 saturated carbocycles. The molecule has 2 aliphatic carbocycles. The molecule has 0 unspecified atom stereocenters. The monoisotopic (exact) mass is 1020 g/mol. The Bertz CT molecular complexity index is 3000. The lowest BCUT2D eigenvalue weighted by Gasteiger charge is -2.57. The quantitative estimate of drug-likeness (QED) is 0.0722. The third-order valence-corrected chi connectivity index (χ3v) is 18.2. The minimum Gasteiger partial charge on any atom is -0.468 e. The molecule has 3 saturated heterocycles. The number of H-pyrrole nitrogens is 1. The van der Waals surface area contributed by atoms with E-state index in [1.165, 1.54) is 23.3 Å². The Morgan fingerprint density at radius 2 is 1.70 bits per heavy atom. The highest BCUT2D eigenvalue weighted by atomic mass is 32.2. The van der Waals surface area contributed by atoms with Crippen LogP contribution in [0.3, 0.4) is 0 Å². The number of piperidine rings is 1. The molecule has 73 heavy (non-hydrogen) atoms. The van der Waals surface area contributed by atoms with Crippen molar-refractivity contribution in [2.45, 2.75) is 126 Å². The summed E-state index contributed by atoms with van der Waals surface area (Å²) >= 11 is 0. The SMILES string of the molecule is CC(C)(C)c1ccccc1[C@@H]1COCCN1C1CC2(CCN(c3ccc(C(=O)NS(=O)(=O)c4ccc(NC[C@H]5CC[C@](C)(O)CC5)c([N+](=O)[O-])c4)c(N4c5cc6cc[nH]c6nc5O[C@H]5COCC[C@@H]54)c3)CC2)C1. The van der Waals surface area contributed by atoms with Crippen molar-refractivity contribution in [3.8, 4) is 5.88 Å². The lowest BCUT2D eigenvalue weighted by molar-refractivity contribution is -0.384. The first-order valence-corrected chi connectivity index (χ1v) is 27.6. The summed E-state index contributed by atoms with van der Waals surface area (Å²) in [5.41, 5.74) is 4.85. The number of nitrogens with zero attached hydrogens (tertiary/aromatic N) is 5. The average Bonchev–Trinajstić information content (AvgIpc) is 3.83. The normalized spacial score (nSPS) is 25.6. The van der Waals surface area contributed by atoms with Gasteiger partial charge in [0.05, 0.1) is 58.6 Å². The Labute approximate surface area is 427 Å². The summed E-state index contributed by atoms with van der Waals surface area (Å²) in [6.07, 6.45) is 9.06. The van der Waals surface area contributed by atoms with Gasteiger partial charge < -0.3 is 39.4 Å². The Kier molecular flexibility index (Phi) is 13.0. The van der Waals surface area contributed by atoms with Gasteiger partial charge in [0.2, 0.25) is 5.88 Å². The number of fused-ring (bicyclic) bond motifs is 3. The molecule has 4 N–H and O–H groups in total. The number of rotatable bonds is 11.